The summed E-state index contributed by atoms with van der Waals surface area (Å²) in [4.78, 5) is 19.2. The maximum atomic E-state index is 11.7. The zero-order valence-corrected chi connectivity index (χ0v) is 15.5. The number of hydrogen-bond acceptors (Lipinski definition) is 3. The normalized spacial score (nSPS) is 18.6. The highest BCUT2D eigenvalue weighted by molar-refractivity contribution is 9.11. The predicted molar refractivity (Wildman–Crippen MR) is 95.5 cm³/mol. The number of carbonyl (C=O) groups is 1. The van der Waals surface area contributed by atoms with Gasteiger partial charge in [0, 0.05) is 44.0 Å². The van der Waals surface area contributed by atoms with Gasteiger partial charge in [0.15, 0.2) is 5.96 Å². The number of guanidine groups is 1. The molecule has 0 aromatic carbocycles. The SMILES string of the molecule is CCC(=O)N1CCC(NC(=NC)NCCc2ccc(Br)s2)C1. The van der Waals surface area contributed by atoms with Gasteiger partial charge in [-0.05, 0) is 40.9 Å². The second-order valence-corrected chi connectivity index (χ2v) is 7.83. The highest BCUT2D eigenvalue weighted by Crippen LogP contribution is 2.22. The second-order valence-electron chi connectivity index (χ2n) is 5.28. The van der Waals surface area contributed by atoms with Gasteiger partial charge in [-0.2, -0.15) is 0 Å². The molecule has 0 saturated carbocycles. The number of aliphatic imine (C=N–C) groups is 1. The number of likely N-dealkylation sites (tertiary alicyclic amines) is 1. The number of thiophene rings is 1. The summed E-state index contributed by atoms with van der Waals surface area (Å²) in [5.74, 6) is 1.04. The fraction of sp³-hybridized carbons (Fsp3) is 0.600. The van der Waals surface area contributed by atoms with Gasteiger partial charge in [-0.1, -0.05) is 6.92 Å². The van der Waals surface area contributed by atoms with Crippen LogP contribution in [0.3, 0.4) is 0 Å². The van der Waals surface area contributed by atoms with Crippen LogP contribution in [0.25, 0.3) is 0 Å². The number of nitrogens with one attached hydrogen (secondary N) is 2. The maximum Gasteiger partial charge on any atom is 0.222 e. The molecule has 0 bridgehead atoms. The number of rotatable bonds is 5. The van der Waals surface area contributed by atoms with Crippen LogP contribution in [0.15, 0.2) is 20.9 Å². The molecule has 0 radical (unpaired) electrons. The van der Waals surface area contributed by atoms with Crippen molar-refractivity contribution >= 4 is 39.1 Å². The van der Waals surface area contributed by atoms with E-state index >= 15 is 0 Å². The highest BCUT2D eigenvalue weighted by Gasteiger charge is 2.25. The lowest BCUT2D eigenvalue weighted by Crippen LogP contribution is -2.45. The van der Waals surface area contributed by atoms with Crippen LogP contribution in [0.1, 0.15) is 24.6 Å². The van der Waals surface area contributed by atoms with E-state index in [4.69, 9.17) is 0 Å². The standard InChI is InChI=1S/C15H23BrN4OS/c1-3-14(21)20-9-7-11(10-20)19-15(17-2)18-8-6-12-4-5-13(16)22-12/h4-5,11H,3,6-10H2,1-2H3,(H2,17,18,19). The Morgan fingerprint density at radius 3 is 3.00 bits per heavy atom. The molecular weight excluding hydrogens is 364 g/mol. The minimum Gasteiger partial charge on any atom is -0.356 e. The topological polar surface area (TPSA) is 56.7 Å². The first-order valence-electron chi connectivity index (χ1n) is 7.61. The largest absolute Gasteiger partial charge is 0.356 e. The van der Waals surface area contributed by atoms with Crippen LogP contribution in [0.2, 0.25) is 0 Å². The zero-order valence-electron chi connectivity index (χ0n) is 13.1. The van der Waals surface area contributed by atoms with Gasteiger partial charge >= 0.3 is 0 Å². The van der Waals surface area contributed by atoms with Gasteiger partial charge < -0.3 is 15.5 Å². The molecule has 1 aromatic rings. The predicted octanol–water partition coefficient (Wildman–Crippen LogP) is 2.23. The first-order chi connectivity index (χ1) is 10.6. The summed E-state index contributed by atoms with van der Waals surface area (Å²) < 4.78 is 1.16. The van der Waals surface area contributed by atoms with E-state index in [0.717, 1.165) is 42.2 Å². The van der Waals surface area contributed by atoms with Crippen molar-refractivity contribution in [3.8, 4) is 0 Å². The van der Waals surface area contributed by atoms with Crippen molar-refractivity contribution in [3.63, 3.8) is 0 Å². The number of halogens is 1. The van der Waals surface area contributed by atoms with Crippen LogP contribution in [0.4, 0.5) is 0 Å². The van der Waals surface area contributed by atoms with Crippen LogP contribution in [0.5, 0.6) is 0 Å². The van der Waals surface area contributed by atoms with Gasteiger partial charge in [0.1, 0.15) is 0 Å². The molecule has 1 aliphatic heterocycles. The van der Waals surface area contributed by atoms with Gasteiger partial charge in [-0.15, -0.1) is 11.3 Å². The fourth-order valence-electron chi connectivity index (χ4n) is 2.51. The zero-order chi connectivity index (χ0) is 15.9. The van der Waals surface area contributed by atoms with Crippen LogP contribution in [-0.4, -0.2) is 49.5 Å². The summed E-state index contributed by atoms with van der Waals surface area (Å²) >= 11 is 5.24. The Balaban J connectivity index is 1.72. The van der Waals surface area contributed by atoms with Gasteiger partial charge in [0.05, 0.1) is 3.79 Å². The van der Waals surface area contributed by atoms with Crippen molar-refractivity contribution < 1.29 is 4.79 Å². The average molecular weight is 387 g/mol. The van der Waals surface area contributed by atoms with Crippen LogP contribution in [0, 0.1) is 0 Å². The Morgan fingerprint density at radius 2 is 2.36 bits per heavy atom. The van der Waals surface area contributed by atoms with Gasteiger partial charge in [-0.25, -0.2) is 0 Å². The highest BCUT2D eigenvalue weighted by atomic mass is 79.9. The second kappa shape index (κ2) is 8.53. The molecule has 1 aliphatic rings. The van der Waals surface area contributed by atoms with Crippen LogP contribution < -0.4 is 10.6 Å². The minimum absolute atomic E-state index is 0.232. The third-order valence-corrected chi connectivity index (χ3v) is 5.38. The fourth-order valence-corrected chi connectivity index (χ4v) is 3.99. The summed E-state index contributed by atoms with van der Waals surface area (Å²) in [6.07, 6.45) is 2.53. The maximum absolute atomic E-state index is 11.7. The molecule has 2 heterocycles. The number of nitrogens with zero attached hydrogens (tertiary/aromatic N) is 2. The molecule has 1 fully saturated rings. The molecule has 22 heavy (non-hydrogen) atoms. The van der Waals surface area contributed by atoms with Crippen molar-refractivity contribution in [1.29, 1.82) is 0 Å². The lowest BCUT2D eigenvalue weighted by molar-refractivity contribution is -0.129. The lowest BCUT2D eigenvalue weighted by atomic mass is 10.3. The van der Waals surface area contributed by atoms with Crippen LogP contribution in [-0.2, 0) is 11.2 Å². The molecule has 1 saturated heterocycles. The monoisotopic (exact) mass is 386 g/mol. The van der Waals surface area contributed by atoms with Crippen molar-refractivity contribution in [3.05, 3.63) is 20.8 Å². The molecule has 0 aliphatic carbocycles. The van der Waals surface area contributed by atoms with E-state index < -0.39 is 0 Å². The molecule has 0 spiro atoms. The lowest BCUT2D eigenvalue weighted by Gasteiger charge is -2.18. The summed E-state index contributed by atoms with van der Waals surface area (Å²) in [7, 11) is 1.78. The Bertz CT molecular complexity index is 531. The molecule has 1 aromatic heterocycles. The number of carbonyl (C=O) groups excluding carboxylic acids is 1. The molecule has 7 heteroatoms. The van der Waals surface area contributed by atoms with Crippen molar-refractivity contribution in [2.75, 3.05) is 26.7 Å². The molecule has 2 rings (SSSR count). The van der Waals surface area contributed by atoms with E-state index in [2.05, 4.69) is 43.7 Å². The third kappa shape index (κ3) is 4.98. The summed E-state index contributed by atoms with van der Waals surface area (Å²) in [5.41, 5.74) is 0. The van der Waals surface area contributed by atoms with Crippen molar-refractivity contribution in [1.82, 2.24) is 15.5 Å². The first-order valence-corrected chi connectivity index (χ1v) is 9.22. The van der Waals surface area contributed by atoms with Crippen molar-refractivity contribution in [2.45, 2.75) is 32.2 Å². The average Bonchev–Trinajstić information content (AvgIpc) is 3.14. The Kier molecular flexibility index (Phi) is 6.70. The molecule has 5 nitrogen and oxygen atoms in total. The first kappa shape index (κ1) is 17.3. The number of hydrogen-bond donors (Lipinski definition) is 2. The Hall–Kier alpha value is -1.08. The molecule has 1 atom stereocenters. The van der Waals surface area contributed by atoms with E-state index in [1.807, 2.05) is 11.8 Å². The molecule has 1 amide bonds. The van der Waals surface area contributed by atoms with E-state index in [1.54, 1.807) is 18.4 Å². The van der Waals surface area contributed by atoms with Gasteiger partial charge in [-0.3, -0.25) is 9.79 Å². The summed E-state index contributed by atoms with van der Waals surface area (Å²) in [6.45, 7) is 4.36. The molecule has 2 N–H and O–H groups in total. The van der Waals surface area contributed by atoms with E-state index in [9.17, 15) is 4.79 Å². The van der Waals surface area contributed by atoms with Crippen molar-refractivity contribution in [2.24, 2.45) is 4.99 Å². The van der Waals surface area contributed by atoms with E-state index in [1.165, 1.54) is 4.88 Å². The summed E-state index contributed by atoms with van der Waals surface area (Å²) in [6, 6.07) is 4.50. The summed E-state index contributed by atoms with van der Waals surface area (Å²) in [5, 5.41) is 6.74. The Morgan fingerprint density at radius 1 is 1.55 bits per heavy atom. The Labute approximate surface area is 144 Å². The smallest absolute Gasteiger partial charge is 0.222 e. The van der Waals surface area contributed by atoms with Crippen LogP contribution >= 0.6 is 27.3 Å². The molecular formula is C15H23BrN4OS. The van der Waals surface area contributed by atoms with E-state index in [-0.39, 0.29) is 11.9 Å². The third-order valence-electron chi connectivity index (χ3n) is 3.70. The quantitative estimate of drug-likeness (QED) is 0.602. The molecule has 122 valence electrons. The number of amides is 1. The van der Waals surface area contributed by atoms with E-state index in [0.29, 0.717) is 6.42 Å². The van der Waals surface area contributed by atoms with Gasteiger partial charge in [0.2, 0.25) is 5.91 Å². The van der Waals surface area contributed by atoms with Gasteiger partial charge in [0.25, 0.3) is 0 Å². The minimum atomic E-state index is 0.232. The molecule has 1 unspecified atom stereocenters.